The van der Waals surface area contributed by atoms with Gasteiger partial charge in [-0.15, -0.1) is 0 Å². The van der Waals surface area contributed by atoms with Gasteiger partial charge in [0.1, 0.15) is 7.85 Å². The van der Waals surface area contributed by atoms with Crippen molar-refractivity contribution in [1.29, 1.82) is 0 Å². The van der Waals surface area contributed by atoms with E-state index in [1.807, 2.05) is 18.2 Å². The van der Waals surface area contributed by atoms with E-state index in [2.05, 4.69) is 19.2 Å². The molecular formula is C12H14BNO. The van der Waals surface area contributed by atoms with Gasteiger partial charge in [-0.2, -0.15) is 0 Å². The topological polar surface area (TPSA) is 29.1 Å². The van der Waals surface area contributed by atoms with E-state index >= 15 is 0 Å². The molecule has 0 spiro atoms. The van der Waals surface area contributed by atoms with Crippen LogP contribution in [0.25, 0.3) is 0 Å². The van der Waals surface area contributed by atoms with E-state index < -0.39 is 0 Å². The van der Waals surface area contributed by atoms with Crippen LogP contribution in [0.15, 0.2) is 18.2 Å². The number of nitrogens with one attached hydrogen (secondary N) is 1. The SMILES string of the molecule is [B]c1ccc2c(c1)NC(=O)C2(CC)CC. The van der Waals surface area contributed by atoms with Gasteiger partial charge in [0.15, 0.2) is 0 Å². The molecule has 0 atom stereocenters. The molecule has 1 aliphatic heterocycles. The molecule has 1 aromatic carbocycles. The molecule has 0 saturated carbocycles. The largest absolute Gasteiger partial charge is 0.325 e. The number of anilines is 1. The lowest BCUT2D eigenvalue weighted by Gasteiger charge is -2.23. The highest BCUT2D eigenvalue weighted by molar-refractivity contribution is 6.33. The molecule has 76 valence electrons. The number of carbonyl (C=O) groups is 1. The Hall–Kier alpha value is -1.25. The Balaban J connectivity index is 2.59. The summed E-state index contributed by atoms with van der Waals surface area (Å²) in [6.07, 6.45) is 1.65. The number of amides is 1. The summed E-state index contributed by atoms with van der Waals surface area (Å²) in [5, 5.41) is 2.91. The molecule has 3 heteroatoms. The second kappa shape index (κ2) is 3.40. The monoisotopic (exact) mass is 199 g/mol. The van der Waals surface area contributed by atoms with Crippen molar-refractivity contribution in [3.05, 3.63) is 23.8 Å². The van der Waals surface area contributed by atoms with Crippen molar-refractivity contribution >= 4 is 24.9 Å². The van der Waals surface area contributed by atoms with Crippen LogP contribution in [-0.4, -0.2) is 13.8 Å². The van der Waals surface area contributed by atoms with Gasteiger partial charge in [-0.25, -0.2) is 0 Å². The van der Waals surface area contributed by atoms with Gasteiger partial charge in [0.05, 0.1) is 5.41 Å². The Labute approximate surface area is 91.5 Å². The number of benzene rings is 1. The summed E-state index contributed by atoms with van der Waals surface area (Å²) in [5.41, 5.74) is 2.32. The highest BCUT2D eigenvalue weighted by atomic mass is 16.2. The zero-order valence-electron chi connectivity index (χ0n) is 9.13. The lowest BCUT2D eigenvalue weighted by atomic mass is 9.76. The van der Waals surface area contributed by atoms with E-state index in [1.54, 1.807) is 0 Å². The van der Waals surface area contributed by atoms with Crippen LogP contribution in [0.5, 0.6) is 0 Å². The Morgan fingerprint density at radius 2 is 2.00 bits per heavy atom. The average molecular weight is 199 g/mol. The minimum Gasteiger partial charge on any atom is -0.325 e. The second-order valence-corrected chi connectivity index (χ2v) is 4.05. The second-order valence-electron chi connectivity index (χ2n) is 4.05. The van der Waals surface area contributed by atoms with E-state index in [1.165, 1.54) is 0 Å². The maximum absolute atomic E-state index is 12.0. The van der Waals surface area contributed by atoms with Crippen molar-refractivity contribution in [2.45, 2.75) is 32.1 Å². The predicted octanol–water partition coefficient (Wildman–Crippen LogP) is 1.49. The van der Waals surface area contributed by atoms with Crippen molar-refractivity contribution in [2.75, 3.05) is 5.32 Å². The molecular weight excluding hydrogens is 185 g/mol. The van der Waals surface area contributed by atoms with Crippen LogP contribution >= 0.6 is 0 Å². The minimum atomic E-state index is -0.344. The Kier molecular flexibility index (Phi) is 2.33. The van der Waals surface area contributed by atoms with E-state index in [0.29, 0.717) is 5.46 Å². The van der Waals surface area contributed by atoms with E-state index in [0.717, 1.165) is 24.1 Å². The summed E-state index contributed by atoms with van der Waals surface area (Å²) in [6, 6.07) is 5.66. The molecule has 2 radical (unpaired) electrons. The molecule has 15 heavy (non-hydrogen) atoms. The molecule has 0 aromatic heterocycles. The van der Waals surface area contributed by atoms with Gasteiger partial charge in [0.25, 0.3) is 0 Å². The van der Waals surface area contributed by atoms with Crippen molar-refractivity contribution < 1.29 is 4.79 Å². The number of hydrogen-bond donors (Lipinski definition) is 1. The van der Waals surface area contributed by atoms with Crippen LogP contribution < -0.4 is 10.8 Å². The molecule has 0 aliphatic carbocycles. The summed E-state index contributed by atoms with van der Waals surface area (Å²) < 4.78 is 0. The van der Waals surface area contributed by atoms with Gasteiger partial charge in [0, 0.05) is 5.69 Å². The van der Waals surface area contributed by atoms with Crippen LogP contribution in [0.3, 0.4) is 0 Å². The number of fused-ring (bicyclic) bond motifs is 1. The van der Waals surface area contributed by atoms with Crippen molar-refractivity contribution in [3.63, 3.8) is 0 Å². The first-order valence-electron chi connectivity index (χ1n) is 5.35. The lowest BCUT2D eigenvalue weighted by Crippen LogP contribution is -2.32. The fourth-order valence-corrected chi connectivity index (χ4v) is 2.40. The highest BCUT2D eigenvalue weighted by Gasteiger charge is 2.43. The van der Waals surface area contributed by atoms with Crippen molar-refractivity contribution in [2.24, 2.45) is 0 Å². The van der Waals surface area contributed by atoms with Gasteiger partial charge in [-0.3, -0.25) is 4.79 Å². The first kappa shape index (κ1) is 10.3. The Morgan fingerprint density at radius 1 is 1.33 bits per heavy atom. The van der Waals surface area contributed by atoms with Gasteiger partial charge in [-0.1, -0.05) is 31.4 Å². The van der Waals surface area contributed by atoms with E-state index in [9.17, 15) is 4.79 Å². The van der Waals surface area contributed by atoms with Gasteiger partial charge in [0.2, 0.25) is 5.91 Å². The lowest BCUT2D eigenvalue weighted by molar-refractivity contribution is -0.121. The van der Waals surface area contributed by atoms with Gasteiger partial charge < -0.3 is 5.32 Å². The molecule has 1 amide bonds. The normalized spacial score (nSPS) is 17.3. The standard InChI is InChI=1S/C12H14BNO/c1-3-12(4-2)9-6-5-8(13)7-10(9)14-11(12)15/h5-7H,3-4H2,1-2H3,(H,14,15). The maximum Gasteiger partial charge on any atom is 0.235 e. The minimum absolute atomic E-state index is 0.105. The smallest absolute Gasteiger partial charge is 0.235 e. The summed E-state index contributed by atoms with van der Waals surface area (Å²) in [4.78, 5) is 12.0. The molecule has 1 aromatic rings. The molecule has 0 fully saturated rings. The molecule has 1 aliphatic rings. The maximum atomic E-state index is 12.0. The number of rotatable bonds is 2. The first-order valence-corrected chi connectivity index (χ1v) is 5.35. The molecule has 2 nitrogen and oxygen atoms in total. The third-order valence-electron chi connectivity index (χ3n) is 3.45. The molecule has 0 bridgehead atoms. The van der Waals surface area contributed by atoms with Crippen LogP contribution in [0.4, 0.5) is 5.69 Å². The summed E-state index contributed by atoms with van der Waals surface area (Å²) in [7, 11) is 5.70. The molecule has 1 N–H and O–H groups in total. The zero-order chi connectivity index (χ0) is 11.1. The Bertz CT molecular complexity index is 410. The average Bonchev–Trinajstić information content (AvgIpc) is 2.49. The quantitative estimate of drug-likeness (QED) is 0.718. The predicted molar refractivity (Wildman–Crippen MR) is 62.7 cm³/mol. The zero-order valence-corrected chi connectivity index (χ0v) is 9.13. The number of carbonyl (C=O) groups excluding carboxylic acids is 1. The van der Waals surface area contributed by atoms with E-state index in [-0.39, 0.29) is 11.3 Å². The van der Waals surface area contributed by atoms with Crippen molar-refractivity contribution in [3.8, 4) is 0 Å². The van der Waals surface area contributed by atoms with Crippen LogP contribution in [-0.2, 0) is 10.2 Å². The van der Waals surface area contributed by atoms with Crippen molar-refractivity contribution in [1.82, 2.24) is 0 Å². The Morgan fingerprint density at radius 3 is 2.60 bits per heavy atom. The van der Waals surface area contributed by atoms with Gasteiger partial charge >= 0.3 is 0 Å². The fourth-order valence-electron chi connectivity index (χ4n) is 2.40. The summed E-state index contributed by atoms with van der Waals surface area (Å²) >= 11 is 0. The van der Waals surface area contributed by atoms with Crippen LogP contribution in [0.2, 0.25) is 0 Å². The molecule has 2 rings (SSSR count). The first-order chi connectivity index (χ1) is 7.14. The summed E-state index contributed by atoms with van der Waals surface area (Å²) in [6.45, 7) is 4.10. The fraction of sp³-hybridized carbons (Fsp3) is 0.417. The van der Waals surface area contributed by atoms with Crippen LogP contribution in [0, 0.1) is 0 Å². The van der Waals surface area contributed by atoms with Gasteiger partial charge in [-0.05, 0) is 24.5 Å². The third kappa shape index (κ3) is 1.29. The van der Waals surface area contributed by atoms with Crippen LogP contribution in [0.1, 0.15) is 32.3 Å². The van der Waals surface area contributed by atoms with E-state index in [4.69, 9.17) is 7.85 Å². The number of hydrogen-bond acceptors (Lipinski definition) is 1. The molecule has 0 saturated heterocycles. The molecule has 0 unspecified atom stereocenters. The third-order valence-corrected chi connectivity index (χ3v) is 3.45. The summed E-state index contributed by atoms with van der Waals surface area (Å²) in [5.74, 6) is 0.105. The highest BCUT2D eigenvalue weighted by Crippen LogP contribution is 2.41. The molecule has 1 heterocycles.